The van der Waals surface area contributed by atoms with Crippen molar-refractivity contribution in [2.75, 3.05) is 19.6 Å². The summed E-state index contributed by atoms with van der Waals surface area (Å²) >= 11 is 0. The highest BCUT2D eigenvalue weighted by atomic mass is 16.4. The van der Waals surface area contributed by atoms with Crippen molar-refractivity contribution in [2.45, 2.75) is 12.7 Å². The number of aromatic nitrogens is 3. The Morgan fingerprint density at radius 1 is 1.43 bits per heavy atom. The molecule has 2 heterocycles. The number of carboxylic acids is 1. The zero-order valence-electron chi connectivity index (χ0n) is 11.3. The van der Waals surface area contributed by atoms with E-state index in [1.807, 2.05) is 0 Å². The van der Waals surface area contributed by atoms with Gasteiger partial charge in [0.15, 0.2) is 0 Å². The van der Waals surface area contributed by atoms with E-state index in [1.54, 1.807) is 29.2 Å². The molecular formula is C13H15N5O3. The van der Waals surface area contributed by atoms with E-state index < -0.39 is 12.0 Å². The second-order valence-corrected chi connectivity index (χ2v) is 4.92. The van der Waals surface area contributed by atoms with E-state index in [4.69, 9.17) is 0 Å². The summed E-state index contributed by atoms with van der Waals surface area (Å²) in [5.74, 6) is -0.913. The van der Waals surface area contributed by atoms with Crippen molar-refractivity contribution in [3.05, 3.63) is 34.6 Å². The van der Waals surface area contributed by atoms with Crippen LogP contribution in [-0.4, -0.2) is 56.6 Å². The van der Waals surface area contributed by atoms with E-state index in [9.17, 15) is 14.7 Å². The zero-order valence-corrected chi connectivity index (χ0v) is 11.3. The lowest BCUT2D eigenvalue weighted by Gasteiger charge is -2.32. The van der Waals surface area contributed by atoms with Gasteiger partial charge in [0.05, 0.1) is 12.1 Å². The topological polar surface area (TPSA) is 100 Å². The summed E-state index contributed by atoms with van der Waals surface area (Å²) in [6.45, 7) is 1.69. The van der Waals surface area contributed by atoms with Crippen LogP contribution in [0.15, 0.2) is 29.1 Å². The fraction of sp³-hybridized carbons (Fsp3) is 0.385. The number of nitrogens with zero attached hydrogens (tertiary/aromatic N) is 4. The maximum atomic E-state index is 12.3. The summed E-state index contributed by atoms with van der Waals surface area (Å²) in [5, 5.41) is 20.6. The minimum absolute atomic E-state index is 0.120. The van der Waals surface area contributed by atoms with Gasteiger partial charge in [-0.3, -0.25) is 14.5 Å². The Balaban J connectivity index is 1.92. The summed E-state index contributed by atoms with van der Waals surface area (Å²) in [7, 11) is 0. The average Bonchev–Trinajstić information content (AvgIpc) is 2.51. The monoisotopic (exact) mass is 289 g/mol. The predicted octanol–water partition coefficient (Wildman–Crippen LogP) is -0.893. The van der Waals surface area contributed by atoms with Crippen LogP contribution in [0.2, 0.25) is 0 Å². The third-order valence-corrected chi connectivity index (χ3v) is 3.58. The third kappa shape index (κ3) is 2.63. The summed E-state index contributed by atoms with van der Waals surface area (Å²) in [5.41, 5.74) is 0.275. The number of nitrogens with one attached hydrogen (secondary N) is 1. The summed E-state index contributed by atoms with van der Waals surface area (Å²) < 4.78 is 1.21. The summed E-state index contributed by atoms with van der Waals surface area (Å²) in [6, 6.07) is 6.30. The molecule has 21 heavy (non-hydrogen) atoms. The second kappa shape index (κ2) is 5.58. The first kappa shape index (κ1) is 13.7. The largest absolute Gasteiger partial charge is 0.480 e. The molecule has 0 amide bonds. The highest BCUT2D eigenvalue weighted by Crippen LogP contribution is 2.06. The van der Waals surface area contributed by atoms with Gasteiger partial charge >= 0.3 is 5.97 Å². The molecule has 1 unspecified atom stereocenters. The lowest BCUT2D eigenvalue weighted by atomic mass is 10.2. The van der Waals surface area contributed by atoms with Gasteiger partial charge in [-0.2, -0.15) is 4.68 Å². The van der Waals surface area contributed by atoms with Crippen molar-refractivity contribution in [1.82, 2.24) is 25.2 Å². The van der Waals surface area contributed by atoms with Gasteiger partial charge in [-0.15, -0.1) is 5.10 Å². The van der Waals surface area contributed by atoms with Gasteiger partial charge in [0, 0.05) is 19.6 Å². The molecule has 2 N–H and O–H groups in total. The highest BCUT2D eigenvalue weighted by Gasteiger charge is 2.28. The number of carboxylic acid groups (broad SMARTS) is 1. The Morgan fingerprint density at radius 3 is 3.05 bits per heavy atom. The van der Waals surface area contributed by atoms with Gasteiger partial charge in [0.2, 0.25) is 0 Å². The highest BCUT2D eigenvalue weighted by molar-refractivity contribution is 5.76. The van der Waals surface area contributed by atoms with Gasteiger partial charge in [-0.25, -0.2) is 0 Å². The first-order chi connectivity index (χ1) is 10.2. The number of hydrogen-bond donors (Lipinski definition) is 2. The molecule has 3 rings (SSSR count). The smallest absolute Gasteiger partial charge is 0.322 e. The normalized spacial score (nSPS) is 19.7. The molecule has 1 fully saturated rings. The molecule has 1 aliphatic rings. The van der Waals surface area contributed by atoms with Crippen LogP contribution >= 0.6 is 0 Å². The molecule has 0 spiro atoms. The van der Waals surface area contributed by atoms with Gasteiger partial charge in [-0.05, 0) is 12.1 Å². The molecule has 0 radical (unpaired) electrons. The van der Waals surface area contributed by atoms with Crippen LogP contribution in [0.5, 0.6) is 0 Å². The Morgan fingerprint density at radius 2 is 2.24 bits per heavy atom. The van der Waals surface area contributed by atoms with Crippen molar-refractivity contribution in [2.24, 2.45) is 0 Å². The van der Waals surface area contributed by atoms with Gasteiger partial charge < -0.3 is 10.4 Å². The van der Waals surface area contributed by atoms with Crippen LogP contribution in [0.25, 0.3) is 10.9 Å². The lowest BCUT2D eigenvalue weighted by molar-refractivity contribution is -0.144. The quantitative estimate of drug-likeness (QED) is 0.755. The van der Waals surface area contributed by atoms with Gasteiger partial charge in [0.25, 0.3) is 5.56 Å². The SMILES string of the molecule is O=C(O)C1CNCCN1Cn1nnc2ccccc2c1=O. The zero-order chi connectivity index (χ0) is 14.8. The maximum absolute atomic E-state index is 12.3. The van der Waals surface area contributed by atoms with E-state index in [-0.39, 0.29) is 12.2 Å². The Labute approximate surface area is 120 Å². The molecule has 1 aliphatic heterocycles. The number of fused-ring (bicyclic) bond motifs is 1. The van der Waals surface area contributed by atoms with Crippen molar-refractivity contribution in [3.63, 3.8) is 0 Å². The van der Waals surface area contributed by atoms with Crippen LogP contribution in [0.4, 0.5) is 0 Å². The molecule has 0 aliphatic carbocycles. The average molecular weight is 289 g/mol. The van der Waals surface area contributed by atoms with Crippen molar-refractivity contribution < 1.29 is 9.90 Å². The predicted molar refractivity (Wildman–Crippen MR) is 74.8 cm³/mol. The Hall–Kier alpha value is -2.32. The van der Waals surface area contributed by atoms with Crippen LogP contribution in [0, 0.1) is 0 Å². The molecule has 1 aromatic heterocycles. The standard InChI is InChI=1S/C13H15N5O3/c19-12-9-3-1-2-4-10(9)15-16-18(12)8-17-6-5-14-7-11(17)13(20)21/h1-4,11,14H,5-8H2,(H,20,21). The lowest BCUT2D eigenvalue weighted by Crippen LogP contribution is -2.56. The minimum Gasteiger partial charge on any atom is -0.480 e. The van der Waals surface area contributed by atoms with E-state index in [0.717, 1.165) is 0 Å². The Bertz CT molecular complexity index is 729. The summed E-state index contributed by atoms with van der Waals surface area (Å²) in [6.07, 6.45) is 0. The molecule has 8 heteroatoms. The van der Waals surface area contributed by atoms with Gasteiger partial charge in [-0.1, -0.05) is 17.3 Å². The van der Waals surface area contributed by atoms with Crippen molar-refractivity contribution >= 4 is 16.9 Å². The van der Waals surface area contributed by atoms with E-state index >= 15 is 0 Å². The van der Waals surface area contributed by atoms with E-state index in [0.29, 0.717) is 30.5 Å². The maximum Gasteiger partial charge on any atom is 0.322 e. The number of hydrogen-bond acceptors (Lipinski definition) is 6. The summed E-state index contributed by atoms with van der Waals surface area (Å²) in [4.78, 5) is 25.3. The molecule has 0 bridgehead atoms. The number of rotatable bonds is 3. The number of carbonyl (C=O) groups is 1. The van der Waals surface area contributed by atoms with Crippen molar-refractivity contribution in [3.8, 4) is 0 Å². The van der Waals surface area contributed by atoms with E-state index in [2.05, 4.69) is 15.6 Å². The molecule has 1 atom stereocenters. The number of benzene rings is 1. The van der Waals surface area contributed by atoms with Gasteiger partial charge in [0.1, 0.15) is 11.6 Å². The first-order valence-corrected chi connectivity index (χ1v) is 6.67. The fourth-order valence-electron chi connectivity index (χ4n) is 2.45. The molecule has 1 saturated heterocycles. The number of aliphatic carboxylic acids is 1. The van der Waals surface area contributed by atoms with Crippen LogP contribution in [-0.2, 0) is 11.5 Å². The molecule has 1 aromatic carbocycles. The molecule has 110 valence electrons. The van der Waals surface area contributed by atoms with Crippen LogP contribution in [0.1, 0.15) is 0 Å². The molecular weight excluding hydrogens is 274 g/mol. The van der Waals surface area contributed by atoms with Crippen LogP contribution < -0.4 is 10.9 Å². The second-order valence-electron chi connectivity index (χ2n) is 4.92. The first-order valence-electron chi connectivity index (χ1n) is 6.67. The number of piperazine rings is 1. The third-order valence-electron chi connectivity index (χ3n) is 3.58. The minimum atomic E-state index is -0.913. The van der Waals surface area contributed by atoms with Crippen molar-refractivity contribution in [1.29, 1.82) is 0 Å². The Kier molecular flexibility index (Phi) is 3.63. The molecule has 0 saturated carbocycles. The molecule has 8 nitrogen and oxygen atoms in total. The van der Waals surface area contributed by atoms with Crippen LogP contribution in [0.3, 0.4) is 0 Å². The van der Waals surface area contributed by atoms with E-state index in [1.165, 1.54) is 4.68 Å². The fourth-order valence-corrected chi connectivity index (χ4v) is 2.45. The molecule has 2 aromatic rings.